The minimum Gasteiger partial charge on any atom is -0.391 e. The Labute approximate surface area is 169 Å². The molecule has 2 atom stereocenters. The molecule has 3 N–H and O–H groups in total. The third-order valence-electron chi connectivity index (χ3n) is 5.30. The number of aliphatic hydroxyl groups is 1. The van der Waals surface area contributed by atoms with Crippen LogP contribution >= 0.6 is 0 Å². The summed E-state index contributed by atoms with van der Waals surface area (Å²) in [4.78, 5) is 18.6. The molecule has 0 aliphatic carbocycles. The monoisotopic (exact) mass is 391 g/mol. The minimum absolute atomic E-state index is 0.00273. The molecule has 1 fully saturated rings. The van der Waals surface area contributed by atoms with Crippen LogP contribution in [-0.4, -0.2) is 50.3 Å². The number of likely N-dealkylation sites (tertiary alicyclic amines) is 1. The Morgan fingerprint density at radius 2 is 1.97 bits per heavy atom. The lowest BCUT2D eigenvalue weighted by Gasteiger charge is -2.16. The molecule has 1 amide bonds. The molecule has 0 spiro atoms. The van der Waals surface area contributed by atoms with Gasteiger partial charge in [-0.1, -0.05) is 0 Å². The van der Waals surface area contributed by atoms with E-state index < -0.39 is 6.10 Å². The molecule has 150 valence electrons. The van der Waals surface area contributed by atoms with Crippen LogP contribution in [0.25, 0.3) is 0 Å². The Morgan fingerprint density at radius 3 is 2.66 bits per heavy atom. The van der Waals surface area contributed by atoms with Crippen molar-refractivity contribution in [1.29, 1.82) is 0 Å². The molecule has 29 heavy (non-hydrogen) atoms. The van der Waals surface area contributed by atoms with Crippen molar-refractivity contribution in [1.82, 2.24) is 20.1 Å². The van der Waals surface area contributed by atoms with Gasteiger partial charge in [0.25, 0.3) is 5.91 Å². The summed E-state index contributed by atoms with van der Waals surface area (Å²) >= 11 is 0. The van der Waals surface area contributed by atoms with Crippen molar-refractivity contribution < 1.29 is 9.90 Å². The van der Waals surface area contributed by atoms with E-state index >= 15 is 0 Å². The van der Waals surface area contributed by atoms with Gasteiger partial charge in [0.05, 0.1) is 11.8 Å². The van der Waals surface area contributed by atoms with Crippen LogP contribution in [0.4, 0.5) is 5.69 Å². The number of rotatable bonds is 6. The zero-order chi connectivity index (χ0) is 20.2. The Hall–Kier alpha value is -3.19. The van der Waals surface area contributed by atoms with Crippen molar-refractivity contribution in [3.05, 3.63) is 77.4 Å². The third-order valence-corrected chi connectivity index (χ3v) is 5.30. The van der Waals surface area contributed by atoms with Gasteiger partial charge in [0.2, 0.25) is 0 Å². The highest BCUT2D eigenvalue weighted by atomic mass is 16.3. The van der Waals surface area contributed by atoms with Crippen LogP contribution in [0.3, 0.4) is 0 Å². The largest absolute Gasteiger partial charge is 0.391 e. The van der Waals surface area contributed by atoms with Gasteiger partial charge in [0.15, 0.2) is 0 Å². The number of nitrogens with zero attached hydrogens (tertiary/aromatic N) is 3. The Balaban J connectivity index is 1.34. The predicted octanol–water partition coefficient (Wildman–Crippen LogP) is 2.40. The van der Waals surface area contributed by atoms with E-state index in [1.54, 1.807) is 17.3 Å². The molecule has 1 aliphatic rings. The van der Waals surface area contributed by atoms with Crippen molar-refractivity contribution in [2.45, 2.75) is 26.0 Å². The van der Waals surface area contributed by atoms with Gasteiger partial charge < -0.3 is 15.3 Å². The standard InChI is InChI=1S/C22H25N5O2/c1-15-10-20(26-25-15)11-18-13-27(14-21(18)28)22(29)17-2-4-19(5-3-17)24-12-16-6-8-23-9-7-16/h2-10,18,21,24,28H,11-14H2,1H3,(H,25,26)/t18-,21-/m1/s1. The molecule has 4 rings (SSSR count). The number of benzene rings is 1. The van der Waals surface area contributed by atoms with Gasteiger partial charge in [-0.15, -0.1) is 0 Å². The van der Waals surface area contributed by atoms with Crippen LogP contribution in [0.1, 0.15) is 27.3 Å². The van der Waals surface area contributed by atoms with Gasteiger partial charge in [0, 0.05) is 54.9 Å². The molecule has 0 bridgehead atoms. The first-order valence-corrected chi connectivity index (χ1v) is 9.79. The van der Waals surface area contributed by atoms with E-state index in [1.165, 1.54) is 0 Å². The number of anilines is 1. The molecule has 1 aromatic carbocycles. The lowest BCUT2D eigenvalue weighted by molar-refractivity contribution is 0.0764. The quantitative estimate of drug-likeness (QED) is 0.600. The van der Waals surface area contributed by atoms with Crippen LogP contribution in [0.5, 0.6) is 0 Å². The SMILES string of the molecule is Cc1cc(C[C@@H]2CN(C(=O)c3ccc(NCc4ccncc4)cc3)C[C@H]2O)n[nH]1. The number of hydrogen-bond donors (Lipinski definition) is 3. The fraction of sp³-hybridized carbons (Fsp3) is 0.318. The smallest absolute Gasteiger partial charge is 0.253 e. The molecule has 3 aromatic rings. The molecule has 0 radical (unpaired) electrons. The van der Waals surface area contributed by atoms with Crippen molar-refractivity contribution in [2.75, 3.05) is 18.4 Å². The summed E-state index contributed by atoms with van der Waals surface area (Å²) in [5.74, 6) is -0.0478. The highest BCUT2D eigenvalue weighted by Crippen LogP contribution is 2.23. The average molecular weight is 391 g/mol. The summed E-state index contributed by atoms with van der Waals surface area (Å²) in [7, 11) is 0. The topological polar surface area (TPSA) is 94.1 Å². The summed E-state index contributed by atoms with van der Waals surface area (Å²) in [6.45, 7) is 3.54. The summed E-state index contributed by atoms with van der Waals surface area (Å²) in [6, 6.07) is 13.4. The molecule has 0 saturated carbocycles. The number of pyridine rings is 1. The molecule has 3 heterocycles. The number of carbonyl (C=O) groups is 1. The first-order chi connectivity index (χ1) is 14.1. The van der Waals surface area contributed by atoms with Gasteiger partial charge in [-0.2, -0.15) is 5.10 Å². The number of aromatic amines is 1. The number of β-amino-alcohol motifs (C(OH)–C–C–N with tert-alkyl or cyclic N) is 1. The number of H-pyrrole nitrogens is 1. The van der Waals surface area contributed by atoms with Crippen LogP contribution in [-0.2, 0) is 13.0 Å². The maximum Gasteiger partial charge on any atom is 0.253 e. The zero-order valence-electron chi connectivity index (χ0n) is 16.4. The van der Waals surface area contributed by atoms with Crippen molar-refractivity contribution in [2.24, 2.45) is 5.92 Å². The predicted molar refractivity (Wildman–Crippen MR) is 110 cm³/mol. The van der Waals surface area contributed by atoms with Gasteiger partial charge in [-0.05, 0) is 61.4 Å². The first kappa shape index (κ1) is 19.1. The van der Waals surface area contributed by atoms with Crippen LogP contribution in [0, 0.1) is 12.8 Å². The Kier molecular flexibility index (Phi) is 5.57. The number of nitrogens with one attached hydrogen (secondary N) is 2. The fourth-order valence-corrected chi connectivity index (χ4v) is 3.69. The van der Waals surface area contributed by atoms with Gasteiger partial charge >= 0.3 is 0 Å². The molecule has 2 aromatic heterocycles. The Bertz CT molecular complexity index is 955. The van der Waals surface area contributed by atoms with E-state index in [0.29, 0.717) is 31.6 Å². The van der Waals surface area contributed by atoms with Crippen LogP contribution in [0.15, 0.2) is 54.9 Å². The fourth-order valence-electron chi connectivity index (χ4n) is 3.69. The second kappa shape index (κ2) is 8.45. The van der Waals surface area contributed by atoms with Gasteiger partial charge in [0.1, 0.15) is 0 Å². The van der Waals surface area contributed by atoms with Crippen LogP contribution in [0.2, 0.25) is 0 Å². The summed E-state index contributed by atoms with van der Waals surface area (Å²) in [6.07, 6.45) is 3.66. The highest BCUT2D eigenvalue weighted by molar-refractivity contribution is 5.94. The van der Waals surface area contributed by atoms with Crippen LogP contribution < -0.4 is 5.32 Å². The number of carbonyl (C=O) groups excluding carboxylic acids is 1. The summed E-state index contributed by atoms with van der Waals surface area (Å²) in [5.41, 5.74) is 4.64. The number of aromatic nitrogens is 3. The summed E-state index contributed by atoms with van der Waals surface area (Å²) in [5, 5.41) is 20.9. The second-order valence-corrected chi connectivity index (χ2v) is 7.57. The lowest BCUT2D eigenvalue weighted by atomic mass is 10.0. The minimum atomic E-state index is -0.530. The maximum atomic E-state index is 12.9. The molecule has 7 heteroatoms. The van der Waals surface area contributed by atoms with Crippen molar-refractivity contribution >= 4 is 11.6 Å². The highest BCUT2D eigenvalue weighted by Gasteiger charge is 2.34. The summed E-state index contributed by atoms with van der Waals surface area (Å²) < 4.78 is 0. The molecule has 7 nitrogen and oxygen atoms in total. The van der Waals surface area contributed by atoms with E-state index in [2.05, 4.69) is 20.5 Å². The number of aliphatic hydroxyl groups excluding tert-OH is 1. The normalized spacial score (nSPS) is 18.8. The first-order valence-electron chi connectivity index (χ1n) is 9.79. The van der Waals surface area contributed by atoms with Crippen molar-refractivity contribution in [3.8, 4) is 0 Å². The van der Waals surface area contributed by atoms with Crippen molar-refractivity contribution in [3.63, 3.8) is 0 Å². The van der Waals surface area contributed by atoms with E-state index in [9.17, 15) is 9.90 Å². The second-order valence-electron chi connectivity index (χ2n) is 7.57. The molecule has 1 saturated heterocycles. The average Bonchev–Trinajstić information content (AvgIpc) is 3.32. The van der Waals surface area contributed by atoms with Gasteiger partial charge in [-0.25, -0.2) is 0 Å². The van der Waals surface area contributed by atoms with E-state index in [1.807, 2.05) is 49.4 Å². The Morgan fingerprint density at radius 1 is 1.21 bits per heavy atom. The molecule has 0 unspecified atom stereocenters. The van der Waals surface area contributed by atoms with E-state index in [-0.39, 0.29) is 11.8 Å². The maximum absolute atomic E-state index is 12.9. The molecule has 1 aliphatic heterocycles. The number of aryl methyl sites for hydroxylation is 1. The number of amides is 1. The molecular weight excluding hydrogens is 366 g/mol. The lowest BCUT2D eigenvalue weighted by Crippen LogP contribution is -2.29. The van der Waals surface area contributed by atoms with E-state index in [0.717, 1.165) is 22.6 Å². The number of hydrogen-bond acceptors (Lipinski definition) is 5. The zero-order valence-corrected chi connectivity index (χ0v) is 16.4. The van der Waals surface area contributed by atoms with E-state index in [4.69, 9.17) is 0 Å². The van der Waals surface area contributed by atoms with Gasteiger partial charge in [-0.3, -0.25) is 14.9 Å². The third kappa shape index (κ3) is 4.63. The molecular formula is C22H25N5O2.